The lowest BCUT2D eigenvalue weighted by Gasteiger charge is -2.15. The Morgan fingerprint density at radius 2 is 1.87 bits per heavy atom. The summed E-state index contributed by atoms with van der Waals surface area (Å²) >= 11 is 0. The van der Waals surface area contributed by atoms with Crippen LogP contribution in [0.5, 0.6) is 0 Å². The Labute approximate surface area is 137 Å². The SMILES string of the molecule is CCCCOCCCNC(=O)NC(Cc1ccccc1)C(=O)O. The van der Waals surface area contributed by atoms with Crippen molar-refractivity contribution < 1.29 is 19.4 Å². The van der Waals surface area contributed by atoms with Crippen molar-refractivity contribution in [2.75, 3.05) is 19.8 Å². The first-order valence-electron chi connectivity index (χ1n) is 8.02. The summed E-state index contributed by atoms with van der Waals surface area (Å²) in [5.74, 6) is -1.05. The number of ether oxygens (including phenoxy) is 1. The third-order valence-corrected chi connectivity index (χ3v) is 3.28. The van der Waals surface area contributed by atoms with Gasteiger partial charge in [-0.15, -0.1) is 0 Å². The van der Waals surface area contributed by atoms with Gasteiger partial charge >= 0.3 is 12.0 Å². The lowest BCUT2D eigenvalue weighted by Crippen LogP contribution is -2.47. The molecule has 0 aromatic heterocycles. The van der Waals surface area contributed by atoms with Gasteiger partial charge in [0.1, 0.15) is 6.04 Å². The predicted octanol–water partition coefficient (Wildman–Crippen LogP) is 2.19. The highest BCUT2D eigenvalue weighted by atomic mass is 16.5. The van der Waals surface area contributed by atoms with Crippen LogP contribution in [0.25, 0.3) is 0 Å². The minimum absolute atomic E-state index is 0.254. The van der Waals surface area contributed by atoms with E-state index >= 15 is 0 Å². The summed E-state index contributed by atoms with van der Waals surface area (Å²) in [5, 5.41) is 14.4. The van der Waals surface area contributed by atoms with Crippen molar-refractivity contribution in [2.24, 2.45) is 0 Å². The summed E-state index contributed by atoms with van der Waals surface area (Å²) in [6, 6.07) is 7.80. The van der Waals surface area contributed by atoms with Crippen LogP contribution in [0.1, 0.15) is 31.7 Å². The zero-order valence-corrected chi connectivity index (χ0v) is 13.6. The average molecular weight is 322 g/mol. The monoisotopic (exact) mass is 322 g/mol. The van der Waals surface area contributed by atoms with Gasteiger partial charge in [0.15, 0.2) is 0 Å². The highest BCUT2D eigenvalue weighted by molar-refractivity contribution is 5.82. The quantitative estimate of drug-likeness (QED) is 0.545. The van der Waals surface area contributed by atoms with E-state index in [4.69, 9.17) is 4.74 Å². The molecule has 6 heteroatoms. The molecule has 0 aliphatic rings. The molecule has 0 bridgehead atoms. The van der Waals surface area contributed by atoms with Gasteiger partial charge in [-0.05, 0) is 18.4 Å². The molecule has 1 rings (SSSR count). The summed E-state index contributed by atoms with van der Waals surface area (Å²) in [6.45, 7) is 3.88. The topological polar surface area (TPSA) is 87.7 Å². The number of carboxylic acid groups (broad SMARTS) is 1. The summed E-state index contributed by atoms with van der Waals surface area (Å²) in [7, 11) is 0. The molecule has 1 unspecified atom stereocenters. The number of carbonyl (C=O) groups is 2. The Bertz CT molecular complexity index is 465. The van der Waals surface area contributed by atoms with E-state index in [0.29, 0.717) is 19.6 Å². The van der Waals surface area contributed by atoms with Crippen molar-refractivity contribution >= 4 is 12.0 Å². The first kappa shape index (κ1) is 19.0. The fourth-order valence-electron chi connectivity index (χ4n) is 1.98. The minimum Gasteiger partial charge on any atom is -0.480 e. The van der Waals surface area contributed by atoms with Gasteiger partial charge in [0, 0.05) is 26.2 Å². The molecular weight excluding hydrogens is 296 g/mol. The van der Waals surface area contributed by atoms with Crippen LogP contribution in [0, 0.1) is 0 Å². The van der Waals surface area contributed by atoms with Crippen LogP contribution in [0.3, 0.4) is 0 Å². The molecule has 1 aromatic rings. The summed E-state index contributed by atoms with van der Waals surface area (Å²) in [5.41, 5.74) is 0.865. The molecule has 0 aliphatic carbocycles. The number of hydrogen-bond donors (Lipinski definition) is 3. The zero-order chi connectivity index (χ0) is 16.9. The highest BCUT2D eigenvalue weighted by Gasteiger charge is 2.19. The van der Waals surface area contributed by atoms with Gasteiger partial charge in [0.2, 0.25) is 0 Å². The summed E-state index contributed by atoms with van der Waals surface area (Å²) in [4.78, 5) is 23.0. The largest absolute Gasteiger partial charge is 0.480 e. The standard InChI is InChI=1S/C17H26N2O4/c1-2-3-11-23-12-7-10-18-17(22)19-15(16(20)21)13-14-8-5-4-6-9-14/h4-6,8-9,15H,2-3,7,10-13H2,1H3,(H,20,21)(H2,18,19,22). The molecule has 0 aliphatic heterocycles. The number of carbonyl (C=O) groups excluding carboxylic acids is 1. The van der Waals surface area contributed by atoms with Gasteiger partial charge in [0.05, 0.1) is 0 Å². The molecule has 128 valence electrons. The van der Waals surface area contributed by atoms with Crippen LogP contribution < -0.4 is 10.6 Å². The third-order valence-electron chi connectivity index (χ3n) is 3.28. The zero-order valence-electron chi connectivity index (χ0n) is 13.6. The molecule has 0 radical (unpaired) electrons. The molecule has 23 heavy (non-hydrogen) atoms. The van der Waals surface area contributed by atoms with Crippen molar-refractivity contribution in [1.82, 2.24) is 10.6 Å². The maximum atomic E-state index is 11.8. The summed E-state index contributed by atoms with van der Waals surface area (Å²) in [6.07, 6.45) is 3.09. The third kappa shape index (κ3) is 8.83. The lowest BCUT2D eigenvalue weighted by molar-refractivity contribution is -0.139. The summed E-state index contributed by atoms with van der Waals surface area (Å²) < 4.78 is 5.39. The molecule has 6 nitrogen and oxygen atoms in total. The maximum Gasteiger partial charge on any atom is 0.326 e. The second-order valence-corrected chi connectivity index (χ2v) is 5.30. The fraction of sp³-hybridized carbons (Fsp3) is 0.529. The number of benzene rings is 1. The van der Waals surface area contributed by atoms with Crippen LogP contribution in [0.15, 0.2) is 30.3 Å². The van der Waals surface area contributed by atoms with Gasteiger partial charge < -0.3 is 20.5 Å². The van der Waals surface area contributed by atoms with Gasteiger partial charge in [0.25, 0.3) is 0 Å². The van der Waals surface area contributed by atoms with Crippen molar-refractivity contribution in [3.05, 3.63) is 35.9 Å². The molecule has 1 aromatic carbocycles. The predicted molar refractivity (Wildman–Crippen MR) is 88.4 cm³/mol. The van der Waals surface area contributed by atoms with Crippen LogP contribution in [-0.4, -0.2) is 42.9 Å². The van der Waals surface area contributed by atoms with Gasteiger partial charge in [-0.3, -0.25) is 0 Å². The van der Waals surface area contributed by atoms with Crippen LogP contribution in [0.4, 0.5) is 4.79 Å². The van der Waals surface area contributed by atoms with E-state index in [9.17, 15) is 14.7 Å². The highest BCUT2D eigenvalue weighted by Crippen LogP contribution is 2.03. The van der Waals surface area contributed by atoms with E-state index in [2.05, 4.69) is 17.6 Å². The number of urea groups is 1. The molecule has 3 N–H and O–H groups in total. The molecule has 1 atom stereocenters. The van der Waals surface area contributed by atoms with Crippen LogP contribution in [0.2, 0.25) is 0 Å². The van der Waals surface area contributed by atoms with Crippen molar-refractivity contribution in [2.45, 2.75) is 38.6 Å². The Morgan fingerprint density at radius 3 is 2.52 bits per heavy atom. The van der Waals surface area contributed by atoms with Crippen molar-refractivity contribution in [1.29, 1.82) is 0 Å². The van der Waals surface area contributed by atoms with E-state index in [1.807, 2.05) is 30.3 Å². The molecule has 0 heterocycles. The fourth-order valence-corrected chi connectivity index (χ4v) is 1.98. The van der Waals surface area contributed by atoms with Gasteiger partial charge in [-0.25, -0.2) is 9.59 Å². The van der Waals surface area contributed by atoms with E-state index in [-0.39, 0.29) is 6.42 Å². The molecule has 2 amide bonds. The molecule has 0 spiro atoms. The number of nitrogens with one attached hydrogen (secondary N) is 2. The Kier molecular flexibility index (Phi) is 9.47. The first-order valence-corrected chi connectivity index (χ1v) is 8.02. The Hall–Kier alpha value is -2.08. The lowest BCUT2D eigenvalue weighted by atomic mass is 10.1. The number of carboxylic acids is 1. The molecule has 0 saturated carbocycles. The van der Waals surface area contributed by atoms with E-state index in [0.717, 1.165) is 25.0 Å². The van der Waals surface area contributed by atoms with Gasteiger partial charge in [-0.2, -0.15) is 0 Å². The van der Waals surface area contributed by atoms with Gasteiger partial charge in [-0.1, -0.05) is 43.7 Å². The molecular formula is C17H26N2O4. The second-order valence-electron chi connectivity index (χ2n) is 5.30. The number of amides is 2. The Balaban J connectivity index is 2.25. The van der Waals surface area contributed by atoms with Crippen molar-refractivity contribution in [3.63, 3.8) is 0 Å². The number of hydrogen-bond acceptors (Lipinski definition) is 3. The average Bonchev–Trinajstić information content (AvgIpc) is 2.54. The maximum absolute atomic E-state index is 11.8. The number of rotatable bonds is 11. The first-order chi connectivity index (χ1) is 11.1. The van der Waals surface area contributed by atoms with E-state index < -0.39 is 18.0 Å². The van der Waals surface area contributed by atoms with Crippen LogP contribution >= 0.6 is 0 Å². The van der Waals surface area contributed by atoms with Crippen LogP contribution in [-0.2, 0) is 16.0 Å². The van der Waals surface area contributed by atoms with E-state index in [1.165, 1.54) is 0 Å². The minimum atomic E-state index is -1.05. The second kappa shape index (κ2) is 11.5. The number of aliphatic carboxylic acids is 1. The van der Waals surface area contributed by atoms with E-state index in [1.54, 1.807) is 0 Å². The Morgan fingerprint density at radius 1 is 1.17 bits per heavy atom. The van der Waals surface area contributed by atoms with Crippen molar-refractivity contribution in [3.8, 4) is 0 Å². The normalized spacial score (nSPS) is 11.7. The molecule has 0 fully saturated rings. The smallest absolute Gasteiger partial charge is 0.326 e. The number of unbranched alkanes of at least 4 members (excludes halogenated alkanes) is 1. The molecule has 0 saturated heterocycles.